The highest BCUT2D eigenvalue weighted by molar-refractivity contribution is 7.90. The molecule has 45 heavy (non-hydrogen) atoms. The smallest absolute Gasteiger partial charge is 0.264 e. The van der Waals surface area contributed by atoms with Gasteiger partial charge in [-0.3, -0.25) is 9.59 Å². The van der Waals surface area contributed by atoms with Crippen LogP contribution in [0.4, 0.5) is 0 Å². The fourth-order valence-corrected chi connectivity index (χ4v) is 6.69. The van der Waals surface area contributed by atoms with Gasteiger partial charge in [-0.05, 0) is 35.6 Å². The summed E-state index contributed by atoms with van der Waals surface area (Å²) in [4.78, 5) is 29.4. The van der Waals surface area contributed by atoms with Crippen molar-refractivity contribution in [1.82, 2.24) is 19.6 Å². The number of nitrogens with zero attached hydrogens (tertiary/aromatic N) is 2. The Kier molecular flexibility index (Phi) is 12.2. The van der Waals surface area contributed by atoms with Crippen LogP contribution in [0, 0.1) is 0 Å². The minimum Gasteiger partial charge on any atom is -0.390 e. The molecular weight excluding hydrogens is 632 g/mol. The summed E-state index contributed by atoms with van der Waals surface area (Å²) in [5, 5.41) is 12.2. The lowest BCUT2D eigenvalue weighted by Crippen LogP contribution is -2.37. The van der Waals surface area contributed by atoms with Crippen molar-refractivity contribution in [2.45, 2.75) is 62.3 Å². The normalized spacial score (nSPS) is 12.1. The molecule has 0 aliphatic carbocycles. The highest BCUT2D eigenvalue weighted by Gasteiger charge is 2.22. The van der Waals surface area contributed by atoms with Gasteiger partial charge in [-0.2, -0.15) is 12.6 Å². The topological polar surface area (TPSA) is 130 Å². The third kappa shape index (κ3) is 9.20. The van der Waals surface area contributed by atoms with Gasteiger partial charge in [-0.15, -0.1) is 0 Å². The third-order valence-corrected chi connectivity index (χ3v) is 9.41. The summed E-state index contributed by atoms with van der Waals surface area (Å²) in [5.41, 5.74) is 3.51. The maximum Gasteiger partial charge on any atom is 0.264 e. The number of sulfonamides is 1. The number of thiol groups is 1. The molecule has 2 amide bonds. The number of imidazole rings is 1. The van der Waals surface area contributed by atoms with Crippen LogP contribution in [0.15, 0.2) is 83.8 Å². The molecule has 3 N–H and O–H groups in total. The molecule has 0 bridgehead atoms. The maximum absolute atomic E-state index is 13.3. The number of carbonyl (C=O) groups excluding carboxylic acids is 2. The monoisotopic (exact) mass is 668 g/mol. The fourth-order valence-electron chi connectivity index (χ4n) is 4.88. The van der Waals surface area contributed by atoms with E-state index in [0.717, 1.165) is 36.2 Å². The Morgan fingerprint density at radius 3 is 2.38 bits per heavy atom. The first-order valence-corrected chi connectivity index (χ1v) is 17.1. The first-order valence-electron chi connectivity index (χ1n) is 14.7. The first kappa shape index (κ1) is 34.2. The van der Waals surface area contributed by atoms with E-state index < -0.39 is 21.2 Å². The number of aliphatic hydroxyl groups excluding tert-OH is 1. The Morgan fingerprint density at radius 2 is 1.69 bits per heavy atom. The zero-order valence-electron chi connectivity index (χ0n) is 24.9. The van der Waals surface area contributed by atoms with Crippen LogP contribution in [0.25, 0.3) is 11.1 Å². The van der Waals surface area contributed by atoms with Crippen molar-refractivity contribution < 1.29 is 23.1 Å². The molecule has 0 aliphatic rings. The SMILES string of the molecule is CCCCc1nc(Cl)c(CO)n1Cc1ccc(-c2ccccc2S(=O)(=O)NC(=O)CCNC(=O)[C@@H](S)Cc2ccccc2)cc1. The van der Waals surface area contributed by atoms with E-state index in [0.29, 0.717) is 29.8 Å². The van der Waals surface area contributed by atoms with E-state index >= 15 is 0 Å². The second kappa shape index (κ2) is 16.1. The standard InChI is InChI=1S/C33H37ClN4O5S2/c1-2-3-13-30-36-32(34)27(22-39)38(30)21-24-14-16-25(17-15-24)26-11-7-8-12-29(26)45(42,43)37-31(40)18-19-35-33(41)28(44)20-23-9-5-4-6-10-23/h4-12,14-17,28,39,44H,2-3,13,18-22H2,1H3,(H,35,41)(H,37,40)/t28-/m0/s1. The average Bonchev–Trinajstić information content (AvgIpc) is 3.33. The molecular formula is C33H37ClN4O5S2. The van der Waals surface area contributed by atoms with Crippen molar-refractivity contribution in [3.8, 4) is 11.1 Å². The molecule has 0 radical (unpaired) electrons. The van der Waals surface area contributed by atoms with Crippen molar-refractivity contribution in [1.29, 1.82) is 0 Å². The van der Waals surface area contributed by atoms with Crippen LogP contribution < -0.4 is 10.0 Å². The molecule has 0 unspecified atom stereocenters. The van der Waals surface area contributed by atoms with Gasteiger partial charge in [0.25, 0.3) is 10.0 Å². The molecule has 0 spiro atoms. The molecule has 9 nitrogen and oxygen atoms in total. The molecule has 12 heteroatoms. The van der Waals surface area contributed by atoms with E-state index in [9.17, 15) is 23.1 Å². The lowest BCUT2D eigenvalue weighted by Gasteiger charge is -2.14. The average molecular weight is 669 g/mol. The summed E-state index contributed by atoms with van der Waals surface area (Å²) < 4.78 is 30.6. The summed E-state index contributed by atoms with van der Waals surface area (Å²) in [7, 11) is -4.21. The number of nitrogens with one attached hydrogen (secondary N) is 2. The third-order valence-electron chi connectivity index (χ3n) is 7.26. The lowest BCUT2D eigenvalue weighted by molar-refractivity contribution is -0.121. The van der Waals surface area contributed by atoms with E-state index in [2.05, 4.69) is 34.6 Å². The Labute approximate surface area is 274 Å². The van der Waals surface area contributed by atoms with Crippen molar-refractivity contribution in [2.75, 3.05) is 6.54 Å². The predicted molar refractivity (Wildman–Crippen MR) is 179 cm³/mol. The minimum atomic E-state index is -4.21. The number of aryl methyl sites for hydroxylation is 1. The number of halogens is 1. The molecule has 1 heterocycles. The van der Waals surface area contributed by atoms with Gasteiger partial charge >= 0.3 is 0 Å². The van der Waals surface area contributed by atoms with E-state index in [4.69, 9.17) is 11.6 Å². The van der Waals surface area contributed by atoms with Crippen LogP contribution in [0.2, 0.25) is 5.15 Å². The Morgan fingerprint density at radius 1 is 1.00 bits per heavy atom. The molecule has 0 aliphatic heterocycles. The van der Waals surface area contributed by atoms with E-state index in [1.807, 2.05) is 59.2 Å². The highest BCUT2D eigenvalue weighted by atomic mass is 35.5. The van der Waals surface area contributed by atoms with E-state index in [-0.39, 0.29) is 35.5 Å². The summed E-state index contributed by atoms with van der Waals surface area (Å²) in [6.07, 6.45) is 2.89. The van der Waals surface area contributed by atoms with Crippen molar-refractivity contribution in [3.05, 3.63) is 107 Å². The van der Waals surface area contributed by atoms with Gasteiger partial charge in [0, 0.05) is 31.5 Å². The molecule has 0 fully saturated rings. The first-order chi connectivity index (χ1) is 21.6. The number of aromatic nitrogens is 2. The minimum absolute atomic E-state index is 0.0323. The maximum atomic E-state index is 13.3. The van der Waals surface area contributed by atoms with Gasteiger partial charge in [0.15, 0.2) is 5.15 Å². The number of rotatable bonds is 15. The highest BCUT2D eigenvalue weighted by Crippen LogP contribution is 2.28. The number of benzene rings is 3. The molecule has 1 aromatic heterocycles. The van der Waals surface area contributed by atoms with Crippen molar-refractivity contribution in [2.24, 2.45) is 0 Å². The Bertz CT molecular complexity index is 1710. The van der Waals surface area contributed by atoms with Gasteiger partial charge in [0.2, 0.25) is 11.8 Å². The quantitative estimate of drug-likeness (QED) is 0.133. The molecule has 238 valence electrons. The molecule has 0 saturated carbocycles. The summed E-state index contributed by atoms with van der Waals surface area (Å²) in [5.74, 6) is -0.274. The Balaban J connectivity index is 1.40. The van der Waals surface area contributed by atoms with Gasteiger partial charge < -0.3 is 15.0 Å². The largest absolute Gasteiger partial charge is 0.390 e. The molecule has 3 aromatic carbocycles. The van der Waals surface area contributed by atoms with E-state index in [1.165, 1.54) is 6.07 Å². The molecule has 1 atom stereocenters. The van der Waals surface area contributed by atoms with Gasteiger partial charge in [-0.1, -0.05) is 97.7 Å². The van der Waals surface area contributed by atoms with Crippen LogP contribution in [0.1, 0.15) is 48.8 Å². The van der Waals surface area contributed by atoms with E-state index in [1.54, 1.807) is 18.2 Å². The lowest BCUT2D eigenvalue weighted by atomic mass is 10.0. The summed E-state index contributed by atoms with van der Waals surface area (Å²) in [6, 6.07) is 23.3. The molecule has 4 rings (SSSR count). The Hall–Kier alpha value is -3.64. The summed E-state index contributed by atoms with van der Waals surface area (Å²) >= 11 is 10.6. The number of hydrogen-bond donors (Lipinski definition) is 4. The molecule has 4 aromatic rings. The number of hydrogen-bond acceptors (Lipinski definition) is 7. The predicted octanol–water partition coefficient (Wildman–Crippen LogP) is 4.94. The van der Waals surface area contributed by atoms with Crippen LogP contribution in [0.5, 0.6) is 0 Å². The van der Waals surface area contributed by atoms with Crippen molar-refractivity contribution >= 4 is 46.1 Å². The van der Waals surface area contributed by atoms with Gasteiger partial charge in [-0.25, -0.2) is 18.1 Å². The second-order valence-corrected chi connectivity index (χ2v) is 13.2. The van der Waals surface area contributed by atoms with Crippen molar-refractivity contribution in [3.63, 3.8) is 0 Å². The summed E-state index contributed by atoms with van der Waals surface area (Å²) in [6.45, 7) is 2.27. The number of carbonyl (C=O) groups is 2. The second-order valence-electron chi connectivity index (χ2n) is 10.6. The van der Waals surface area contributed by atoms with Gasteiger partial charge in [0.05, 0.1) is 22.4 Å². The zero-order valence-corrected chi connectivity index (χ0v) is 27.4. The van der Waals surface area contributed by atoms with Crippen LogP contribution in [-0.2, 0) is 45.6 Å². The van der Waals surface area contributed by atoms with Gasteiger partial charge in [0.1, 0.15) is 5.82 Å². The molecule has 0 saturated heterocycles. The number of amides is 2. The van der Waals surface area contributed by atoms with Crippen LogP contribution >= 0.6 is 24.2 Å². The van der Waals surface area contributed by atoms with Crippen LogP contribution in [-0.4, -0.2) is 46.7 Å². The number of unbranched alkanes of at least 4 members (excludes halogenated alkanes) is 1. The zero-order chi connectivity index (χ0) is 32.4. The number of aliphatic hydroxyl groups is 1. The van der Waals surface area contributed by atoms with Crippen LogP contribution in [0.3, 0.4) is 0 Å². The fraction of sp³-hybridized carbons (Fsp3) is 0.303.